The highest BCUT2D eigenvalue weighted by molar-refractivity contribution is 9.10. The highest BCUT2D eigenvalue weighted by Gasteiger charge is 2.30. The summed E-state index contributed by atoms with van der Waals surface area (Å²) in [6.07, 6.45) is 4.08. The smallest absolute Gasteiger partial charge is 0.0177 e. The molecular weight excluding hydrogens is 250 g/mol. The summed E-state index contributed by atoms with van der Waals surface area (Å²) in [6, 6.07) is 8.69. The van der Waals surface area contributed by atoms with Gasteiger partial charge < -0.3 is 5.32 Å². The molecule has 1 aromatic rings. The van der Waals surface area contributed by atoms with E-state index in [-0.39, 0.29) is 0 Å². The van der Waals surface area contributed by atoms with Gasteiger partial charge in [-0.2, -0.15) is 0 Å². The fourth-order valence-electron chi connectivity index (χ4n) is 2.20. The lowest BCUT2D eigenvalue weighted by molar-refractivity contribution is 0.440. The quantitative estimate of drug-likeness (QED) is 0.864. The van der Waals surface area contributed by atoms with Crippen LogP contribution < -0.4 is 5.32 Å². The molecule has 2 rings (SSSR count). The lowest BCUT2D eigenvalue weighted by Crippen LogP contribution is -2.22. The van der Waals surface area contributed by atoms with Crippen molar-refractivity contribution in [3.63, 3.8) is 0 Å². The molecule has 82 valence electrons. The van der Waals surface area contributed by atoms with Crippen molar-refractivity contribution in [2.24, 2.45) is 11.8 Å². The molecular formula is C13H18BrN. The van der Waals surface area contributed by atoms with Crippen molar-refractivity contribution in [1.29, 1.82) is 0 Å². The van der Waals surface area contributed by atoms with Crippen molar-refractivity contribution in [3.05, 3.63) is 34.3 Å². The van der Waals surface area contributed by atoms with Crippen LogP contribution in [0, 0.1) is 11.8 Å². The zero-order valence-corrected chi connectivity index (χ0v) is 10.8. The molecule has 0 aromatic heterocycles. The van der Waals surface area contributed by atoms with Crippen LogP contribution in [0.25, 0.3) is 0 Å². The summed E-state index contributed by atoms with van der Waals surface area (Å²) in [5.74, 6) is 1.79. The van der Waals surface area contributed by atoms with E-state index < -0.39 is 0 Å². The number of nitrogens with one attached hydrogen (secondary N) is 1. The van der Waals surface area contributed by atoms with Crippen LogP contribution in [0.4, 0.5) is 0 Å². The SMILES string of the molecule is CNCC(Cc1cccc(Br)c1)C1CC1. The number of hydrogen-bond acceptors (Lipinski definition) is 1. The first-order valence-electron chi connectivity index (χ1n) is 5.68. The molecule has 1 unspecified atom stereocenters. The minimum absolute atomic E-state index is 0.823. The molecule has 2 heteroatoms. The topological polar surface area (TPSA) is 12.0 Å². The van der Waals surface area contributed by atoms with Crippen LogP contribution in [0.5, 0.6) is 0 Å². The molecule has 1 saturated carbocycles. The van der Waals surface area contributed by atoms with Gasteiger partial charge in [0.25, 0.3) is 0 Å². The number of halogens is 1. The second-order valence-electron chi connectivity index (χ2n) is 4.49. The first-order chi connectivity index (χ1) is 7.29. The third-order valence-corrected chi connectivity index (χ3v) is 3.64. The Hall–Kier alpha value is -0.340. The van der Waals surface area contributed by atoms with Crippen molar-refractivity contribution in [1.82, 2.24) is 5.32 Å². The maximum absolute atomic E-state index is 3.53. The predicted molar refractivity (Wildman–Crippen MR) is 68.0 cm³/mol. The zero-order valence-electron chi connectivity index (χ0n) is 9.17. The third-order valence-electron chi connectivity index (χ3n) is 3.14. The highest BCUT2D eigenvalue weighted by atomic mass is 79.9. The predicted octanol–water partition coefficient (Wildman–Crippen LogP) is 3.24. The van der Waals surface area contributed by atoms with Crippen LogP contribution in [0.2, 0.25) is 0 Å². The summed E-state index contributed by atoms with van der Waals surface area (Å²) in [7, 11) is 2.05. The van der Waals surface area contributed by atoms with Crippen molar-refractivity contribution >= 4 is 15.9 Å². The van der Waals surface area contributed by atoms with Gasteiger partial charge in [0.05, 0.1) is 0 Å². The molecule has 1 aliphatic carbocycles. The summed E-state index contributed by atoms with van der Waals surface area (Å²) in [4.78, 5) is 0. The normalized spacial score (nSPS) is 17.7. The zero-order chi connectivity index (χ0) is 10.7. The van der Waals surface area contributed by atoms with Crippen LogP contribution in [0.1, 0.15) is 18.4 Å². The van der Waals surface area contributed by atoms with E-state index >= 15 is 0 Å². The van der Waals surface area contributed by atoms with Crippen molar-refractivity contribution < 1.29 is 0 Å². The summed E-state index contributed by atoms with van der Waals surface area (Å²) in [6.45, 7) is 1.15. The molecule has 0 amide bonds. The lowest BCUT2D eigenvalue weighted by atomic mass is 9.95. The molecule has 1 nitrogen and oxygen atoms in total. The Morgan fingerprint density at radius 3 is 2.87 bits per heavy atom. The number of benzene rings is 1. The molecule has 0 radical (unpaired) electrons. The van der Waals surface area contributed by atoms with Gasteiger partial charge >= 0.3 is 0 Å². The number of rotatable bonds is 5. The maximum Gasteiger partial charge on any atom is 0.0177 e. The summed E-state index contributed by atoms with van der Waals surface area (Å²) < 4.78 is 1.19. The van der Waals surface area contributed by atoms with Gasteiger partial charge in [0.2, 0.25) is 0 Å². The van der Waals surface area contributed by atoms with Crippen molar-refractivity contribution in [2.45, 2.75) is 19.3 Å². The lowest BCUT2D eigenvalue weighted by Gasteiger charge is -2.15. The summed E-state index contributed by atoms with van der Waals surface area (Å²) in [5.41, 5.74) is 1.46. The average Bonchev–Trinajstić information content (AvgIpc) is 3.00. The largest absolute Gasteiger partial charge is 0.319 e. The molecule has 1 N–H and O–H groups in total. The van der Waals surface area contributed by atoms with Crippen molar-refractivity contribution in [2.75, 3.05) is 13.6 Å². The van der Waals surface area contributed by atoms with E-state index in [0.29, 0.717) is 0 Å². The molecule has 1 aliphatic rings. The molecule has 0 bridgehead atoms. The van der Waals surface area contributed by atoms with E-state index in [2.05, 4.69) is 52.6 Å². The van der Waals surface area contributed by atoms with Gasteiger partial charge in [-0.25, -0.2) is 0 Å². The third kappa shape index (κ3) is 3.32. The number of hydrogen-bond donors (Lipinski definition) is 1. The molecule has 0 saturated heterocycles. The Kier molecular flexibility index (Phi) is 3.81. The first kappa shape index (κ1) is 11.2. The van der Waals surface area contributed by atoms with Gasteiger partial charge in [0.15, 0.2) is 0 Å². The molecule has 0 heterocycles. The Morgan fingerprint density at radius 1 is 1.47 bits per heavy atom. The van der Waals surface area contributed by atoms with E-state index in [4.69, 9.17) is 0 Å². The van der Waals surface area contributed by atoms with Crippen molar-refractivity contribution in [3.8, 4) is 0 Å². The average molecular weight is 268 g/mol. The fourth-order valence-corrected chi connectivity index (χ4v) is 2.65. The second kappa shape index (κ2) is 5.13. The maximum atomic E-state index is 3.53. The van der Waals surface area contributed by atoms with Gasteiger partial charge in [-0.05, 0) is 62.4 Å². The molecule has 1 atom stereocenters. The Morgan fingerprint density at radius 2 is 2.27 bits per heavy atom. The molecule has 1 aromatic carbocycles. The minimum atomic E-state index is 0.823. The highest BCUT2D eigenvalue weighted by Crippen LogP contribution is 2.38. The van der Waals surface area contributed by atoms with Crippen LogP contribution in [-0.2, 0) is 6.42 Å². The Labute approximate surface area is 100 Å². The van der Waals surface area contributed by atoms with Gasteiger partial charge in [0.1, 0.15) is 0 Å². The van der Waals surface area contributed by atoms with E-state index in [1.165, 1.54) is 29.3 Å². The minimum Gasteiger partial charge on any atom is -0.319 e. The standard InChI is InChI=1S/C13H18BrN/c1-15-9-12(11-5-6-11)7-10-3-2-4-13(14)8-10/h2-4,8,11-12,15H,5-7,9H2,1H3. The molecule has 0 spiro atoms. The Bertz CT molecular complexity index is 320. The van der Waals surface area contributed by atoms with Gasteiger partial charge in [-0.3, -0.25) is 0 Å². The monoisotopic (exact) mass is 267 g/mol. The van der Waals surface area contributed by atoms with Gasteiger partial charge in [-0.15, -0.1) is 0 Å². The van der Waals surface area contributed by atoms with Gasteiger partial charge in [-0.1, -0.05) is 28.1 Å². The van der Waals surface area contributed by atoms with E-state index in [1.54, 1.807) is 0 Å². The second-order valence-corrected chi connectivity index (χ2v) is 5.40. The first-order valence-corrected chi connectivity index (χ1v) is 6.48. The van der Waals surface area contributed by atoms with Crippen LogP contribution in [0.3, 0.4) is 0 Å². The van der Waals surface area contributed by atoms with Crippen LogP contribution >= 0.6 is 15.9 Å². The fraction of sp³-hybridized carbons (Fsp3) is 0.538. The van der Waals surface area contributed by atoms with E-state index in [0.717, 1.165) is 18.4 Å². The van der Waals surface area contributed by atoms with Crippen LogP contribution in [0.15, 0.2) is 28.7 Å². The summed E-state index contributed by atoms with van der Waals surface area (Å²) in [5, 5.41) is 3.31. The Balaban J connectivity index is 1.98. The molecule has 15 heavy (non-hydrogen) atoms. The molecule has 1 fully saturated rings. The van der Waals surface area contributed by atoms with Crippen LogP contribution in [-0.4, -0.2) is 13.6 Å². The van der Waals surface area contributed by atoms with Gasteiger partial charge in [0, 0.05) is 4.47 Å². The van der Waals surface area contributed by atoms with E-state index in [9.17, 15) is 0 Å². The van der Waals surface area contributed by atoms with E-state index in [1.807, 2.05) is 0 Å². The summed E-state index contributed by atoms with van der Waals surface area (Å²) >= 11 is 3.53. The molecule has 0 aliphatic heterocycles.